The second kappa shape index (κ2) is 4.40. The summed E-state index contributed by atoms with van der Waals surface area (Å²) in [6.45, 7) is 0.933. The molecule has 0 radical (unpaired) electrons. The van der Waals surface area contributed by atoms with E-state index < -0.39 is 16.4 Å². The average Bonchev–Trinajstić information content (AvgIpc) is 2.29. The Balaban J connectivity index is 2.51. The van der Waals surface area contributed by atoms with E-state index in [9.17, 15) is 14.5 Å². The van der Waals surface area contributed by atoms with Gasteiger partial charge < -0.3 is 4.74 Å². The van der Waals surface area contributed by atoms with Gasteiger partial charge in [-0.3, -0.25) is 10.1 Å². The van der Waals surface area contributed by atoms with E-state index in [4.69, 9.17) is 4.74 Å². The highest BCUT2D eigenvalue weighted by Gasteiger charge is 2.22. The van der Waals surface area contributed by atoms with Gasteiger partial charge in [0.2, 0.25) is 5.82 Å². The summed E-state index contributed by atoms with van der Waals surface area (Å²) in [7, 11) is 0. The summed E-state index contributed by atoms with van der Waals surface area (Å²) >= 11 is 0. The van der Waals surface area contributed by atoms with E-state index in [1.54, 1.807) is 12.1 Å². The molecule has 0 saturated heterocycles. The molecule has 0 aromatic heterocycles. The van der Waals surface area contributed by atoms with Gasteiger partial charge in [-0.05, 0) is 24.1 Å². The monoisotopic (exact) mass is 223 g/mol. The average molecular weight is 223 g/mol. The van der Waals surface area contributed by atoms with E-state index >= 15 is 0 Å². The number of halogens is 1. The second-order valence-corrected chi connectivity index (χ2v) is 3.45. The van der Waals surface area contributed by atoms with Crippen LogP contribution in [0, 0.1) is 15.9 Å². The number of rotatable bonds is 2. The Hall–Kier alpha value is -1.75. The first-order valence-corrected chi connectivity index (χ1v) is 4.90. The standard InChI is InChI=1S/C11H10FNO3/c12-10-3-1-2-9(11(10)13(14)15)8-4-6-16-7-5-8/h1-4H,5-7H2. The first-order valence-electron chi connectivity index (χ1n) is 4.90. The third kappa shape index (κ3) is 1.94. The SMILES string of the molecule is O=[N+]([O-])c1c(F)cccc1C1=CCOCC1. The molecule has 5 heteroatoms. The van der Waals surface area contributed by atoms with Gasteiger partial charge in [0.15, 0.2) is 0 Å². The number of benzene rings is 1. The van der Waals surface area contributed by atoms with Gasteiger partial charge in [0.25, 0.3) is 0 Å². The van der Waals surface area contributed by atoms with Gasteiger partial charge in [-0.1, -0.05) is 12.1 Å². The third-order valence-electron chi connectivity index (χ3n) is 2.48. The van der Waals surface area contributed by atoms with Gasteiger partial charge in [-0.2, -0.15) is 4.39 Å². The fraction of sp³-hybridized carbons (Fsp3) is 0.273. The van der Waals surface area contributed by atoms with E-state index in [2.05, 4.69) is 0 Å². The van der Waals surface area contributed by atoms with Crippen LogP contribution in [0.5, 0.6) is 0 Å². The normalized spacial score (nSPS) is 15.7. The van der Waals surface area contributed by atoms with Crippen LogP contribution >= 0.6 is 0 Å². The van der Waals surface area contributed by atoms with Crippen molar-refractivity contribution in [3.8, 4) is 0 Å². The summed E-state index contributed by atoms with van der Waals surface area (Å²) in [6, 6.07) is 4.15. The summed E-state index contributed by atoms with van der Waals surface area (Å²) in [5.41, 5.74) is 0.682. The van der Waals surface area contributed by atoms with Gasteiger partial charge in [0.05, 0.1) is 23.7 Å². The predicted octanol–water partition coefficient (Wildman–Crippen LogP) is 2.54. The van der Waals surface area contributed by atoms with Gasteiger partial charge in [-0.25, -0.2) is 0 Å². The van der Waals surface area contributed by atoms with Crippen LogP contribution in [0.3, 0.4) is 0 Å². The Kier molecular flexibility index (Phi) is 2.96. The molecule has 0 spiro atoms. The first-order chi connectivity index (χ1) is 7.70. The van der Waals surface area contributed by atoms with Crippen molar-refractivity contribution in [3.05, 3.63) is 45.8 Å². The Morgan fingerprint density at radius 2 is 2.25 bits per heavy atom. The molecule has 1 aromatic rings. The largest absolute Gasteiger partial charge is 0.377 e. The molecule has 1 heterocycles. The molecule has 0 atom stereocenters. The van der Waals surface area contributed by atoms with E-state index in [1.807, 2.05) is 0 Å². The molecule has 4 nitrogen and oxygen atoms in total. The van der Waals surface area contributed by atoms with Crippen molar-refractivity contribution in [3.63, 3.8) is 0 Å². The van der Waals surface area contributed by atoms with Crippen molar-refractivity contribution in [2.24, 2.45) is 0 Å². The van der Waals surface area contributed by atoms with Gasteiger partial charge in [-0.15, -0.1) is 0 Å². The Bertz CT molecular complexity index is 457. The fourth-order valence-corrected chi connectivity index (χ4v) is 1.73. The molecule has 84 valence electrons. The number of ether oxygens (including phenoxy) is 1. The molecule has 1 aliphatic rings. The van der Waals surface area contributed by atoms with Crippen molar-refractivity contribution < 1.29 is 14.1 Å². The number of hydrogen-bond acceptors (Lipinski definition) is 3. The smallest absolute Gasteiger partial charge is 0.312 e. The Labute approximate surface area is 91.5 Å². The predicted molar refractivity (Wildman–Crippen MR) is 56.5 cm³/mol. The van der Waals surface area contributed by atoms with Crippen LogP contribution in [0.25, 0.3) is 5.57 Å². The first kappa shape index (κ1) is 10.8. The van der Waals surface area contributed by atoms with E-state index in [0.29, 0.717) is 25.2 Å². The van der Waals surface area contributed by atoms with Crippen LogP contribution < -0.4 is 0 Å². The summed E-state index contributed by atoms with van der Waals surface area (Å²) in [6.07, 6.45) is 2.33. The minimum absolute atomic E-state index is 0.355. The van der Waals surface area contributed by atoms with Crippen molar-refractivity contribution in [1.82, 2.24) is 0 Å². The molecule has 0 amide bonds. The summed E-state index contributed by atoms with van der Waals surface area (Å²) < 4.78 is 18.5. The lowest BCUT2D eigenvalue weighted by atomic mass is 9.99. The number of nitro groups is 1. The molecule has 16 heavy (non-hydrogen) atoms. The highest BCUT2D eigenvalue weighted by molar-refractivity contribution is 5.73. The lowest BCUT2D eigenvalue weighted by Gasteiger charge is -2.13. The highest BCUT2D eigenvalue weighted by atomic mass is 19.1. The molecule has 1 aromatic carbocycles. The zero-order chi connectivity index (χ0) is 11.5. The van der Waals surface area contributed by atoms with Gasteiger partial charge in [0, 0.05) is 0 Å². The lowest BCUT2D eigenvalue weighted by Crippen LogP contribution is -2.06. The minimum Gasteiger partial charge on any atom is -0.377 e. The lowest BCUT2D eigenvalue weighted by molar-refractivity contribution is -0.387. The van der Waals surface area contributed by atoms with E-state index in [1.165, 1.54) is 6.07 Å². The molecule has 2 rings (SSSR count). The van der Waals surface area contributed by atoms with E-state index in [0.717, 1.165) is 11.6 Å². The van der Waals surface area contributed by atoms with Crippen molar-refractivity contribution in [2.75, 3.05) is 13.2 Å². The van der Waals surface area contributed by atoms with Crippen molar-refractivity contribution >= 4 is 11.3 Å². The van der Waals surface area contributed by atoms with Gasteiger partial charge >= 0.3 is 5.69 Å². The zero-order valence-corrected chi connectivity index (χ0v) is 8.48. The molecule has 0 aliphatic carbocycles. The topological polar surface area (TPSA) is 52.4 Å². The van der Waals surface area contributed by atoms with Gasteiger partial charge in [0.1, 0.15) is 0 Å². The summed E-state index contributed by atoms with van der Waals surface area (Å²) in [5, 5.41) is 10.8. The molecule has 0 unspecified atom stereocenters. The fourth-order valence-electron chi connectivity index (χ4n) is 1.73. The summed E-state index contributed by atoms with van der Waals surface area (Å²) in [5.74, 6) is -0.796. The number of hydrogen-bond donors (Lipinski definition) is 0. The molecular formula is C11H10FNO3. The molecule has 0 bridgehead atoms. The zero-order valence-electron chi connectivity index (χ0n) is 8.48. The van der Waals surface area contributed by atoms with Crippen LogP contribution in [0.1, 0.15) is 12.0 Å². The molecule has 0 N–H and O–H groups in total. The number of nitrogens with zero attached hydrogens (tertiary/aromatic N) is 1. The van der Waals surface area contributed by atoms with Crippen LogP contribution in [0.2, 0.25) is 0 Å². The Morgan fingerprint density at radius 3 is 2.88 bits per heavy atom. The maximum absolute atomic E-state index is 13.4. The maximum atomic E-state index is 13.4. The second-order valence-electron chi connectivity index (χ2n) is 3.45. The minimum atomic E-state index is -0.796. The van der Waals surface area contributed by atoms with Crippen LogP contribution in [0.4, 0.5) is 10.1 Å². The van der Waals surface area contributed by atoms with Crippen LogP contribution in [-0.2, 0) is 4.74 Å². The van der Waals surface area contributed by atoms with Crippen LogP contribution in [-0.4, -0.2) is 18.1 Å². The Morgan fingerprint density at radius 1 is 1.44 bits per heavy atom. The molecule has 0 fully saturated rings. The molecular weight excluding hydrogens is 213 g/mol. The maximum Gasteiger partial charge on any atom is 0.312 e. The number of para-hydroxylation sites is 1. The quantitative estimate of drug-likeness (QED) is 0.571. The third-order valence-corrected chi connectivity index (χ3v) is 2.48. The molecule has 1 aliphatic heterocycles. The summed E-state index contributed by atoms with van der Waals surface area (Å²) in [4.78, 5) is 10.1. The van der Waals surface area contributed by atoms with E-state index in [-0.39, 0.29) is 0 Å². The van der Waals surface area contributed by atoms with Crippen molar-refractivity contribution in [2.45, 2.75) is 6.42 Å². The number of nitro benzene ring substituents is 1. The highest BCUT2D eigenvalue weighted by Crippen LogP contribution is 2.31. The molecule has 0 saturated carbocycles. The van der Waals surface area contributed by atoms with Crippen molar-refractivity contribution in [1.29, 1.82) is 0 Å². The van der Waals surface area contributed by atoms with Crippen LogP contribution in [0.15, 0.2) is 24.3 Å².